The quantitative estimate of drug-likeness (QED) is 0.798. The fourth-order valence-corrected chi connectivity index (χ4v) is 2.12. The molecule has 0 spiro atoms. The fraction of sp³-hybridized carbons (Fsp3) is 0.417. The summed E-state index contributed by atoms with van der Waals surface area (Å²) in [5.41, 5.74) is 3.39. The largest absolute Gasteiger partial charge is 0.481 e. The van der Waals surface area contributed by atoms with Crippen molar-refractivity contribution < 1.29 is 9.90 Å². The Morgan fingerprint density at radius 3 is 3.00 bits per heavy atom. The number of likely N-dealkylation sites (N-methyl/N-ethyl adjacent to an activating group) is 1. The van der Waals surface area contributed by atoms with Gasteiger partial charge < -0.3 is 10.0 Å². The van der Waals surface area contributed by atoms with E-state index in [0.29, 0.717) is 6.04 Å². The second-order valence-corrected chi connectivity index (χ2v) is 4.20. The molecule has 1 unspecified atom stereocenters. The van der Waals surface area contributed by atoms with Gasteiger partial charge in [-0.2, -0.15) is 0 Å². The third-order valence-electron chi connectivity index (χ3n) is 3.06. The van der Waals surface area contributed by atoms with Crippen LogP contribution in [0.4, 0.5) is 5.69 Å². The predicted octanol–water partition coefficient (Wildman–Crippen LogP) is 1.69. The standard InChI is InChI=1S/C12H15NO2/c1-8-5-10-6-9(7-12(14)15)3-4-11(10)13(8)2/h3-4,6,8H,5,7H2,1-2H3,(H,14,15). The second kappa shape index (κ2) is 3.57. The van der Waals surface area contributed by atoms with E-state index in [4.69, 9.17) is 5.11 Å². The Morgan fingerprint density at radius 1 is 1.60 bits per heavy atom. The van der Waals surface area contributed by atoms with Crippen molar-refractivity contribution >= 4 is 11.7 Å². The first kappa shape index (κ1) is 10.0. The fourth-order valence-electron chi connectivity index (χ4n) is 2.12. The van der Waals surface area contributed by atoms with E-state index in [1.54, 1.807) is 0 Å². The molecule has 1 aromatic rings. The molecule has 0 fully saturated rings. The van der Waals surface area contributed by atoms with E-state index in [1.165, 1.54) is 11.3 Å². The smallest absolute Gasteiger partial charge is 0.307 e. The van der Waals surface area contributed by atoms with Gasteiger partial charge in [0, 0.05) is 18.8 Å². The second-order valence-electron chi connectivity index (χ2n) is 4.20. The van der Waals surface area contributed by atoms with Crippen LogP contribution in [0.15, 0.2) is 18.2 Å². The minimum absolute atomic E-state index is 0.116. The van der Waals surface area contributed by atoms with Gasteiger partial charge in [0.25, 0.3) is 0 Å². The first-order valence-corrected chi connectivity index (χ1v) is 5.14. The highest BCUT2D eigenvalue weighted by atomic mass is 16.4. The van der Waals surface area contributed by atoms with Gasteiger partial charge in [-0.15, -0.1) is 0 Å². The topological polar surface area (TPSA) is 40.5 Å². The van der Waals surface area contributed by atoms with Crippen molar-refractivity contribution in [3.05, 3.63) is 29.3 Å². The molecule has 0 amide bonds. The summed E-state index contributed by atoms with van der Waals surface area (Å²) in [6.45, 7) is 2.18. The SMILES string of the molecule is CC1Cc2cc(CC(=O)O)ccc2N1C. The zero-order valence-corrected chi connectivity index (χ0v) is 9.03. The number of nitrogens with zero attached hydrogens (tertiary/aromatic N) is 1. The molecule has 2 rings (SSSR count). The highest BCUT2D eigenvalue weighted by Gasteiger charge is 2.22. The zero-order chi connectivity index (χ0) is 11.0. The van der Waals surface area contributed by atoms with Crippen LogP contribution in [0.2, 0.25) is 0 Å². The number of fused-ring (bicyclic) bond motifs is 1. The first-order chi connectivity index (χ1) is 7.08. The van der Waals surface area contributed by atoms with E-state index in [2.05, 4.69) is 18.9 Å². The van der Waals surface area contributed by atoms with Crippen LogP contribution in [-0.4, -0.2) is 24.2 Å². The summed E-state index contributed by atoms with van der Waals surface area (Å²) >= 11 is 0. The van der Waals surface area contributed by atoms with Gasteiger partial charge in [0.05, 0.1) is 6.42 Å². The number of benzene rings is 1. The maximum atomic E-state index is 10.6. The number of carbonyl (C=O) groups is 1. The zero-order valence-electron chi connectivity index (χ0n) is 9.03. The van der Waals surface area contributed by atoms with Crippen molar-refractivity contribution in [3.8, 4) is 0 Å². The van der Waals surface area contributed by atoms with Gasteiger partial charge in [-0.25, -0.2) is 0 Å². The predicted molar refractivity (Wildman–Crippen MR) is 59.4 cm³/mol. The Bertz CT molecular complexity index is 401. The molecule has 1 N–H and O–H groups in total. The molecule has 15 heavy (non-hydrogen) atoms. The third-order valence-corrected chi connectivity index (χ3v) is 3.06. The molecular formula is C12H15NO2. The summed E-state index contributed by atoms with van der Waals surface area (Å²) in [6, 6.07) is 6.46. The summed E-state index contributed by atoms with van der Waals surface area (Å²) in [4.78, 5) is 12.8. The summed E-state index contributed by atoms with van der Waals surface area (Å²) in [5.74, 6) is -0.769. The van der Waals surface area contributed by atoms with Crippen LogP contribution in [0.1, 0.15) is 18.1 Å². The van der Waals surface area contributed by atoms with Crippen molar-refractivity contribution in [3.63, 3.8) is 0 Å². The molecule has 0 aliphatic carbocycles. The normalized spacial score (nSPS) is 19.1. The van der Waals surface area contributed by atoms with Gasteiger partial charge >= 0.3 is 5.97 Å². The van der Waals surface area contributed by atoms with Crippen LogP contribution < -0.4 is 4.90 Å². The first-order valence-electron chi connectivity index (χ1n) is 5.14. The van der Waals surface area contributed by atoms with E-state index in [-0.39, 0.29) is 6.42 Å². The third kappa shape index (κ3) is 1.82. The number of anilines is 1. The Balaban J connectivity index is 2.29. The van der Waals surface area contributed by atoms with Gasteiger partial charge in [0.1, 0.15) is 0 Å². The van der Waals surface area contributed by atoms with E-state index in [1.807, 2.05) is 18.2 Å². The monoisotopic (exact) mass is 205 g/mol. The van der Waals surface area contributed by atoms with Crippen molar-refractivity contribution in [2.75, 3.05) is 11.9 Å². The Kier molecular flexibility index (Phi) is 2.39. The summed E-state index contributed by atoms with van der Waals surface area (Å²) in [7, 11) is 2.08. The van der Waals surface area contributed by atoms with E-state index < -0.39 is 5.97 Å². The van der Waals surface area contributed by atoms with Crippen LogP contribution in [-0.2, 0) is 17.6 Å². The Labute approximate surface area is 89.3 Å². The van der Waals surface area contributed by atoms with E-state index in [0.717, 1.165) is 12.0 Å². The van der Waals surface area contributed by atoms with E-state index >= 15 is 0 Å². The molecule has 0 radical (unpaired) electrons. The van der Waals surface area contributed by atoms with Gasteiger partial charge in [-0.3, -0.25) is 4.79 Å². The van der Waals surface area contributed by atoms with Crippen LogP contribution in [0.5, 0.6) is 0 Å². The minimum Gasteiger partial charge on any atom is -0.481 e. The summed E-state index contributed by atoms with van der Waals surface area (Å²) < 4.78 is 0. The van der Waals surface area contributed by atoms with Crippen molar-refractivity contribution in [2.45, 2.75) is 25.8 Å². The number of carboxylic acids is 1. The maximum Gasteiger partial charge on any atom is 0.307 e. The lowest BCUT2D eigenvalue weighted by molar-refractivity contribution is -0.136. The van der Waals surface area contributed by atoms with E-state index in [9.17, 15) is 4.79 Å². The number of aliphatic carboxylic acids is 1. The highest BCUT2D eigenvalue weighted by Crippen LogP contribution is 2.31. The van der Waals surface area contributed by atoms with Crippen LogP contribution >= 0.6 is 0 Å². The lowest BCUT2D eigenvalue weighted by atomic mass is 10.1. The minimum atomic E-state index is -0.769. The average Bonchev–Trinajstić information content (AvgIpc) is 2.41. The van der Waals surface area contributed by atoms with Crippen LogP contribution in [0.25, 0.3) is 0 Å². The molecule has 1 aromatic carbocycles. The number of hydrogen-bond acceptors (Lipinski definition) is 2. The number of hydrogen-bond donors (Lipinski definition) is 1. The summed E-state index contributed by atoms with van der Waals surface area (Å²) in [5, 5.41) is 8.71. The molecule has 0 saturated heterocycles. The molecule has 80 valence electrons. The molecule has 0 bridgehead atoms. The highest BCUT2D eigenvalue weighted by molar-refractivity contribution is 5.71. The van der Waals surface area contributed by atoms with Gasteiger partial charge in [-0.05, 0) is 30.5 Å². The number of carboxylic acid groups (broad SMARTS) is 1. The van der Waals surface area contributed by atoms with Gasteiger partial charge in [0.2, 0.25) is 0 Å². The van der Waals surface area contributed by atoms with Crippen molar-refractivity contribution in [2.24, 2.45) is 0 Å². The summed E-state index contributed by atoms with van der Waals surface area (Å²) in [6.07, 6.45) is 1.13. The lowest BCUT2D eigenvalue weighted by Crippen LogP contribution is -2.23. The van der Waals surface area contributed by atoms with Crippen LogP contribution in [0.3, 0.4) is 0 Å². The van der Waals surface area contributed by atoms with Crippen LogP contribution in [0, 0.1) is 0 Å². The molecule has 3 nitrogen and oxygen atoms in total. The molecule has 1 atom stereocenters. The van der Waals surface area contributed by atoms with Gasteiger partial charge in [-0.1, -0.05) is 12.1 Å². The molecule has 1 aliphatic heterocycles. The van der Waals surface area contributed by atoms with Crippen molar-refractivity contribution in [1.82, 2.24) is 0 Å². The molecule has 3 heteroatoms. The molecule has 0 aromatic heterocycles. The molecule has 1 aliphatic rings. The molecule has 0 saturated carbocycles. The maximum absolute atomic E-state index is 10.6. The average molecular weight is 205 g/mol. The van der Waals surface area contributed by atoms with Gasteiger partial charge in [0.15, 0.2) is 0 Å². The Morgan fingerprint density at radius 2 is 2.33 bits per heavy atom. The van der Waals surface area contributed by atoms with Crippen molar-refractivity contribution in [1.29, 1.82) is 0 Å². The lowest BCUT2D eigenvalue weighted by Gasteiger charge is -2.18. The molecular weight excluding hydrogens is 190 g/mol. The molecule has 1 heterocycles. The number of rotatable bonds is 2. The Hall–Kier alpha value is -1.51.